The first kappa shape index (κ1) is 11.9. The van der Waals surface area contributed by atoms with Gasteiger partial charge in [0.15, 0.2) is 0 Å². The molecule has 0 saturated carbocycles. The van der Waals surface area contributed by atoms with E-state index in [0.29, 0.717) is 26.4 Å². The Kier molecular flexibility index (Phi) is 8.20. The van der Waals surface area contributed by atoms with Gasteiger partial charge in [-0.05, 0) is 19.4 Å². The van der Waals surface area contributed by atoms with Crippen LogP contribution in [-0.2, 0) is 14.3 Å². The van der Waals surface area contributed by atoms with Crippen molar-refractivity contribution in [3.05, 3.63) is 11.8 Å². The van der Waals surface area contributed by atoms with Crippen LogP contribution in [0.15, 0.2) is 16.8 Å². The lowest BCUT2D eigenvalue weighted by molar-refractivity contribution is 0.0893. The minimum absolute atomic E-state index is 0.367. The molecule has 0 rings (SSSR count). The van der Waals surface area contributed by atoms with Crippen LogP contribution in [0.3, 0.4) is 0 Å². The Balaban J connectivity index is 3.08. The maximum atomic E-state index is 9.64. The Morgan fingerprint density at radius 1 is 1.38 bits per heavy atom. The third kappa shape index (κ3) is 10.9. The molecule has 0 aromatic rings. The van der Waals surface area contributed by atoms with E-state index in [1.165, 1.54) is 6.08 Å². The lowest BCUT2D eigenvalue weighted by Gasteiger charge is -2.01. The molecule has 0 fully saturated rings. The number of rotatable bonds is 7. The van der Waals surface area contributed by atoms with Crippen molar-refractivity contribution in [2.45, 2.75) is 13.8 Å². The number of hydrogen-bond donors (Lipinski definition) is 0. The van der Waals surface area contributed by atoms with Gasteiger partial charge in [-0.25, -0.2) is 9.79 Å². The summed E-state index contributed by atoms with van der Waals surface area (Å²) in [5, 5.41) is 0. The second kappa shape index (κ2) is 8.97. The zero-order valence-electron chi connectivity index (χ0n) is 8.08. The number of nitrogens with zero attached hydrogens (tertiary/aromatic N) is 1. The van der Waals surface area contributed by atoms with Crippen molar-refractivity contribution in [3.8, 4) is 0 Å². The Labute approximate surface area is 78.3 Å². The minimum Gasteiger partial charge on any atom is -0.499 e. The smallest absolute Gasteiger partial charge is 0.235 e. The molecule has 0 aliphatic rings. The van der Waals surface area contributed by atoms with Gasteiger partial charge < -0.3 is 9.47 Å². The SMILES string of the molecule is CC(C)=COCCOCCN=C=O. The van der Waals surface area contributed by atoms with Crippen LogP contribution < -0.4 is 0 Å². The highest BCUT2D eigenvalue weighted by atomic mass is 16.5. The lowest BCUT2D eigenvalue weighted by atomic mass is 10.4. The molecule has 0 heterocycles. The van der Waals surface area contributed by atoms with Crippen LogP contribution in [0.4, 0.5) is 0 Å². The third-order valence-electron chi connectivity index (χ3n) is 1.08. The molecule has 0 spiro atoms. The first-order chi connectivity index (χ1) is 6.27. The number of aliphatic imine (C=N–C) groups is 1. The molecule has 13 heavy (non-hydrogen) atoms. The fraction of sp³-hybridized carbons (Fsp3) is 0.667. The highest BCUT2D eigenvalue weighted by Gasteiger charge is 1.86. The molecular formula is C9H15NO3. The number of isocyanates is 1. The van der Waals surface area contributed by atoms with Crippen molar-refractivity contribution in [1.29, 1.82) is 0 Å². The zero-order valence-corrected chi connectivity index (χ0v) is 8.08. The van der Waals surface area contributed by atoms with Crippen LogP contribution in [0.2, 0.25) is 0 Å². The fourth-order valence-corrected chi connectivity index (χ4v) is 0.591. The van der Waals surface area contributed by atoms with Crippen molar-refractivity contribution in [1.82, 2.24) is 0 Å². The van der Waals surface area contributed by atoms with Gasteiger partial charge in [0.05, 0.1) is 26.0 Å². The molecule has 74 valence electrons. The Morgan fingerprint density at radius 2 is 2.15 bits per heavy atom. The van der Waals surface area contributed by atoms with Gasteiger partial charge in [-0.2, -0.15) is 0 Å². The van der Waals surface area contributed by atoms with Gasteiger partial charge in [-0.1, -0.05) is 0 Å². The van der Waals surface area contributed by atoms with Crippen molar-refractivity contribution in [3.63, 3.8) is 0 Å². The van der Waals surface area contributed by atoms with E-state index >= 15 is 0 Å². The van der Waals surface area contributed by atoms with Gasteiger partial charge in [-0.3, -0.25) is 0 Å². The standard InChI is InChI=1S/C9H15NO3/c1-9(2)7-13-6-5-12-4-3-10-8-11/h7H,3-6H2,1-2H3. The Bertz CT molecular complexity index is 191. The predicted octanol–water partition coefficient (Wildman–Crippen LogP) is 1.28. The van der Waals surface area contributed by atoms with Gasteiger partial charge in [-0.15, -0.1) is 0 Å². The summed E-state index contributed by atoms with van der Waals surface area (Å²) >= 11 is 0. The molecule has 0 radical (unpaired) electrons. The van der Waals surface area contributed by atoms with Crippen LogP contribution in [0.1, 0.15) is 13.8 Å². The van der Waals surface area contributed by atoms with Gasteiger partial charge >= 0.3 is 0 Å². The molecule has 0 aliphatic carbocycles. The normalized spacial score (nSPS) is 8.77. The van der Waals surface area contributed by atoms with Crippen LogP contribution >= 0.6 is 0 Å². The minimum atomic E-state index is 0.367. The predicted molar refractivity (Wildman–Crippen MR) is 49.2 cm³/mol. The summed E-state index contributed by atoms with van der Waals surface area (Å²) in [5.74, 6) is 0. The second-order valence-electron chi connectivity index (χ2n) is 2.65. The molecule has 0 N–H and O–H groups in total. The summed E-state index contributed by atoms with van der Waals surface area (Å²) in [4.78, 5) is 13.0. The molecular weight excluding hydrogens is 170 g/mol. The van der Waals surface area contributed by atoms with Gasteiger partial charge in [0, 0.05) is 0 Å². The van der Waals surface area contributed by atoms with Crippen molar-refractivity contribution in [2.75, 3.05) is 26.4 Å². The van der Waals surface area contributed by atoms with Crippen molar-refractivity contribution in [2.24, 2.45) is 4.99 Å². The molecule has 0 bridgehead atoms. The van der Waals surface area contributed by atoms with E-state index in [4.69, 9.17) is 9.47 Å². The average Bonchev–Trinajstić information content (AvgIpc) is 2.09. The highest BCUT2D eigenvalue weighted by Crippen LogP contribution is 1.89. The molecule has 0 unspecified atom stereocenters. The van der Waals surface area contributed by atoms with E-state index in [9.17, 15) is 4.79 Å². The number of allylic oxidation sites excluding steroid dienone is 1. The first-order valence-electron chi connectivity index (χ1n) is 4.13. The summed E-state index contributed by atoms with van der Waals surface area (Å²) in [6, 6.07) is 0. The van der Waals surface area contributed by atoms with Gasteiger partial charge in [0.25, 0.3) is 0 Å². The van der Waals surface area contributed by atoms with Crippen LogP contribution in [0.5, 0.6) is 0 Å². The fourth-order valence-electron chi connectivity index (χ4n) is 0.591. The number of carbonyl (C=O) groups excluding carboxylic acids is 1. The molecule has 4 nitrogen and oxygen atoms in total. The number of hydrogen-bond acceptors (Lipinski definition) is 4. The Hall–Kier alpha value is -1.12. The van der Waals surface area contributed by atoms with Crippen LogP contribution in [0.25, 0.3) is 0 Å². The molecule has 4 heteroatoms. The third-order valence-corrected chi connectivity index (χ3v) is 1.08. The van der Waals surface area contributed by atoms with Crippen LogP contribution in [0, 0.1) is 0 Å². The monoisotopic (exact) mass is 185 g/mol. The number of ether oxygens (including phenoxy) is 2. The van der Waals surface area contributed by atoms with Crippen molar-refractivity contribution >= 4 is 6.08 Å². The summed E-state index contributed by atoms with van der Waals surface area (Å²) in [5.41, 5.74) is 1.12. The second-order valence-corrected chi connectivity index (χ2v) is 2.65. The molecule has 0 aliphatic heterocycles. The molecule has 0 atom stereocenters. The van der Waals surface area contributed by atoms with Gasteiger partial charge in [0.1, 0.15) is 6.61 Å². The largest absolute Gasteiger partial charge is 0.499 e. The summed E-state index contributed by atoms with van der Waals surface area (Å²) in [7, 11) is 0. The summed E-state index contributed by atoms with van der Waals surface area (Å²) in [6.07, 6.45) is 3.13. The van der Waals surface area contributed by atoms with E-state index in [0.717, 1.165) is 5.57 Å². The van der Waals surface area contributed by atoms with E-state index in [1.54, 1.807) is 6.26 Å². The molecule has 0 saturated heterocycles. The zero-order chi connectivity index (χ0) is 9.94. The Morgan fingerprint density at radius 3 is 2.77 bits per heavy atom. The van der Waals surface area contributed by atoms with E-state index in [1.807, 2.05) is 13.8 Å². The van der Waals surface area contributed by atoms with E-state index in [-0.39, 0.29) is 0 Å². The van der Waals surface area contributed by atoms with Crippen molar-refractivity contribution < 1.29 is 14.3 Å². The molecule has 0 aromatic heterocycles. The van der Waals surface area contributed by atoms with E-state index in [2.05, 4.69) is 4.99 Å². The van der Waals surface area contributed by atoms with Crippen LogP contribution in [-0.4, -0.2) is 32.4 Å². The van der Waals surface area contributed by atoms with E-state index < -0.39 is 0 Å². The quantitative estimate of drug-likeness (QED) is 0.260. The first-order valence-corrected chi connectivity index (χ1v) is 4.13. The topological polar surface area (TPSA) is 47.9 Å². The summed E-state index contributed by atoms with van der Waals surface area (Å²) < 4.78 is 10.2. The molecule has 0 aromatic carbocycles. The molecule has 0 amide bonds. The highest BCUT2D eigenvalue weighted by molar-refractivity contribution is 5.32. The maximum absolute atomic E-state index is 9.64. The average molecular weight is 185 g/mol. The lowest BCUT2D eigenvalue weighted by Crippen LogP contribution is -2.04. The summed E-state index contributed by atoms with van der Waals surface area (Å²) in [6.45, 7) is 5.76. The maximum Gasteiger partial charge on any atom is 0.235 e. The van der Waals surface area contributed by atoms with Gasteiger partial charge in [0.2, 0.25) is 6.08 Å².